The molecule has 0 saturated carbocycles. The fourth-order valence-corrected chi connectivity index (χ4v) is 2.33. The number of thioether (sulfide) groups is 1. The number of amides is 1. The minimum Gasteiger partial charge on any atom is -0.466 e. The fraction of sp³-hybridized carbons (Fsp3) is 0.714. The summed E-state index contributed by atoms with van der Waals surface area (Å²) in [6.07, 6.45) is 0.270. The van der Waals surface area contributed by atoms with Gasteiger partial charge < -0.3 is 9.64 Å². The highest BCUT2D eigenvalue weighted by Gasteiger charge is 2.25. The largest absolute Gasteiger partial charge is 0.466 e. The van der Waals surface area contributed by atoms with E-state index in [-0.39, 0.29) is 23.8 Å². The highest BCUT2D eigenvalue weighted by atomic mass is 32.2. The average molecular weight is 328 g/mol. The first-order valence-corrected chi connectivity index (χ1v) is 8.13. The van der Waals surface area contributed by atoms with Crippen LogP contribution >= 0.6 is 11.8 Å². The van der Waals surface area contributed by atoms with Crippen molar-refractivity contribution in [2.75, 3.05) is 26.5 Å². The molecule has 0 saturated heterocycles. The molecule has 22 heavy (non-hydrogen) atoms. The lowest BCUT2D eigenvalue weighted by Gasteiger charge is -2.13. The third kappa shape index (κ3) is 5.01. The summed E-state index contributed by atoms with van der Waals surface area (Å²) in [5.41, 5.74) is -0.256. The van der Waals surface area contributed by atoms with E-state index in [1.54, 1.807) is 21.0 Å². The standard InChI is InChI=1S/C14H24N4O3S/c1-7-21-10(19)8-9-22-12-15-11(14(2,3)4)16-18(12)13(20)17(5)6/h7-9H2,1-6H3. The van der Waals surface area contributed by atoms with E-state index in [1.807, 2.05) is 20.8 Å². The number of carbonyl (C=O) groups excluding carboxylic acids is 2. The molecular formula is C14H24N4O3S. The Bertz CT molecular complexity index is 535. The molecule has 0 aliphatic carbocycles. The van der Waals surface area contributed by atoms with E-state index in [0.717, 1.165) is 0 Å². The van der Waals surface area contributed by atoms with Gasteiger partial charge in [0.25, 0.3) is 0 Å². The summed E-state index contributed by atoms with van der Waals surface area (Å²) >= 11 is 1.32. The van der Waals surface area contributed by atoms with Crippen molar-refractivity contribution < 1.29 is 14.3 Å². The molecule has 0 atom stereocenters. The van der Waals surface area contributed by atoms with Crippen LogP contribution in [0, 0.1) is 0 Å². The molecule has 124 valence electrons. The normalized spacial score (nSPS) is 11.4. The maximum Gasteiger partial charge on any atom is 0.346 e. The quantitative estimate of drug-likeness (QED) is 0.609. The third-order valence-electron chi connectivity index (χ3n) is 2.65. The molecule has 0 unspecified atom stereocenters. The molecule has 1 aromatic heterocycles. The Morgan fingerprint density at radius 2 is 1.95 bits per heavy atom. The topological polar surface area (TPSA) is 77.3 Å². The van der Waals surface area contributed by atoms with E-state index in [4.69, 9.17) is 4.74 Å². The van der Waals surface area contributed by atoms with Crippen LogP contribution in [0.4, 0.5) is 4.79 Å². The van der Waals surface area contributed by atoms with Crippen LogP contribution in [0.25, 0.3) is 0 Å². The number of hydrogen-bond donors (Lipinski definition) is 0. The van der Waals surface area contributed by atoms with Gasteiger partial charge in [-0.05, 0) is 6.92 Å². The molecule has 1 aromatic rings. The second kappa shape index (κ2) is 7.62. The molecular weight excluding hydrogens is 304 g/mol. The van der Waals surface area contributed by atoms with Crippen molar-refractivity contribution in [1.29, 1.82) is 0 Å². The highest BCUT2D eigenvalue weighted by molar-refractivity contribution is 7.99. The van der Waals surface area contributed by atoms with Gasteiger partial charge in [-0.2, -0.15) is 4.68 Å². The lowest BCUT2D eigenvalue weighted by molar-refractivity contribution is -0.142. The lowest BCUT2D eigenvalue weighted by Crippen LogP contribution is -2.29. The molecule has 8 heteroatoms. The summed E-state index contributed by atoms with van der Waals surface area (Å²) in [5, 5.41) is 4.81. The number of esters is 1. The van der Waals surface area contributed by atoms with Crippen LogP contribution in [0.1, 0.15) is 39.9 Å². The molecule has 0 N–H and O–H groups in total. The SMILES string of the molecule is CCOC(=O)CCSc1nc(C(C)(C)C)nn1C(=O)N(C)C. The molecule has 1 amide bonds. The van der Waals surface area contributed by atoms with Crippen LogP contribution < -0.4 is 0 Å². The molecule has 0 aliphatic heterocycles. The third-order valence-corrected chi connectivity index (χ3v) is 3.59. The Morgan fingerprint density at radius 1 is 1.32 bits per heavy atom. The van der Waals surface area contributed by atoms with Gasteiger partial charge in [0.2, 0.25) is 0 Å². The molecule has 0 spiro atoms. The molecule has 1 heterocycles. The Morgan fingerprint density at radius 3 is 2.45 bits per heavy atom. The first kappa shape index (κ1) is 18.5. The van der Waals surface area contributed by atoms with Crippen molar-refractivity contribution >= 4 is 23.8 Å². The van der Waals surface area contributed by atoms with Crippen molar-refractivity contribution in [3.8, 4) is 0 Å². The van der Waals surface area contributed by atoms with E-state index in [0.29, 0.717) is 23.3 Å². The first-order chi connectivity index (χ1) is 10.2. The van der Waals surface area contributed by atoms with Crippen LogP contribution in [0.2, 0.25) is 0 Å². The molecule has 1 rings (SSSR count). The maximum atomic E-state index is 12.2. The van der Waals surface area contributed by atoms with Crippen molar-refractivity contribution in [2.45, 2.75) is 44.7 Å². The summed E-state index contributed by atoms with van der Waals surface area (Å²) in [5.74, 6) is 0.833. The van der Waals surface area contributed by atoms with Crippen molar-refractivity contribution in [3.05, 3.63) is 5.82 Å². The second-order valence-corrected chi connectivity index (χ2v) is 7.02. The Labute approximate surface area is 135 Å². The minimum absolute atomic E-state index is 0.254. The maximum absolute atomic E-state index is 12.2. The molecule has 0 aliphatic rings. The summed E-state index contributed by atoms with van der Waals surface area (Å²) in [6.45, 7) is 8.10. The van der Waals surface area contributed by atoms with Gasteiger partial charge in [0, 0.05) is 25.3 Å². The smallest absolute Gasteiger partial charge is 0.346 e. The summed E-state index contributed by atoms with van der Waals surface area (Å²) in [6, 6.07) is -0.262. The van der Waals surface area contributed by atoms with Crippen LogP contribution in [-0.4, -0.2) is 58.1 Å². The van der Waals surface area contributed by atoms with E-state index < -0.39 is 0 Å². The minimum atomic E-state index is -0.262. The summed E-state index contributed by atoms with van der Waals surface area (Å²) in [4.78, 5) is 29.4. The zero-order valence-corrected chi connectivity index (χ0v) is 14.9. The number of aromatic nitrogens is 3. The zero-order valence-electron chi connectivity index (χ0n) is 14.0. The van der Waals surface area contributed by atoms with Crippen LogP contribution in [0.3, 0.4) is 0 Å². The van der Waals surface area contributed by atoms with E-state index >= 15 is 0 Å². The van der Waals surface area contributed by atoms with E-state index in [9.17, 15) is 9.59 Å². The average Bonchev–Trinajstić information content (AvgIpc) is 2.82. The number of ether oxygens (including phenoxy) is 1. The molecule has 0 aromatic carbocycles. The van der Waals surface area contributed by atoms with Crippen molar-refractivity contribution in [1.82, 2.24) is 19.7 Å². The monoisotopic (exact) mass is 328 g/mol. The van der Waals surface area contributed by atoms with Gasteiger partial charge in [-0.1, -0.05) is 32.5 Å². The summed E-state index contributed by atoms with van der Waals surface area (Å²) < 4.78 is 6.17. The van der Waals surface area contributed by atoms with Gasteiger partial charge in [0.05, 0.1) is 13.0 Å². The predicted molar refractivity (Wildman–Crippen MR) is 85.2 cm³/mol. The predicted octanol–water partition coefficient (Wildman–Crippen LogP) is 2.15. The van der Waals surface area contributed by atoms with Gasteiger partial charge in [-0.25, -0.2) is 9.78 Å². The second-order valence-electron chi connectivity index (χ2n) is 5.96. The number of hydrogen-bond acceptors (Lipinski definition) is 6. The number of rotatable bonds is 5. The van der Waals surface area contributed by atoms with Crippen molar-refractivity contribution in [3.63, 3.8) is 0 Å². The van der Waals surface area contributed by atoms with Gasteiger partial charge in [0.1, 0.15) is 0 Å². The van der Waals surface area contributed by atoms with Crippen LogP contribution in [-0.2, 0) is 14.9 Å². The fourth-order valence-electron chi connectivity index (χ4n) is 1.48. The molecule has 0 bridgehead atoms. The van der Waals surface area contributed by atoms with Crippen molar-refractivity contribution in [2.24, 2.45) is 0 Å². The Hall–Kier alpha value is -1.57. The van der Waals surface area contributed by atoms with Crippen LogP contribution in [0.15, 0.2) is 5.16 Å². The zero-order chi connectivity index (χ0) is 16.9. The molecule has 0 fully saturated rings. The van der Waals surface area contributed by atoms with Gasteiger partial charge >= 0.3 is 12.0 Å². The highest BCUT2D eigenvalue weighted by Crippen LogP contribution is 2.24. The lowest BCUT2D eigenvalue weighted by atomic mass is 9.96. The number of carbonyl (C=O) groups is 2. The Balaban J connectivity index is 2.89. The van der Waals surface area contributed by atoms with Gasteiger partial charge in [-0.15, -0.1) is 5.10 Å². The van der Waals surface area contributed by atoms with Gasteiger partial charge in [-0.3, -0.25) is 4.79 Å². The van der Waals surface area contributed by atoms with Gasteiger partial charge in [0.15, 0.2) is 11.0 Å². The summed E-state index contributed by atoms with van der Waals surface area (Å²) in [7, 11) is 3.32. The molecule has 7 nitrogen and oxygen atoms in total. The van der Waals surface area contributed by atoms with E-state index in [1.165, 1.54) is 21.3 Å². The molecule has 0 radical (unpaired) electrons. The number of nitrogens with zero attached hydrogens (tertiary/aromatic N) is 4. The van der Waals surface area contributed by atoms with E-state index in [2.05, 4.69) is 10.1 Å². The Kier molecular flexibility index (Phi) is 6.40. The first-order valence-electron chi connectivity index (χ1n) is 7.14. The van der Waals surface area contributed by atoms with Crippen LogP contribution in [0.5, 0.6) is 0 Å².